The van der Waals surface area contributed by atoms with E-state index in [-0.39, 0.29) is 0 Å². The van der Waals surface area contributed by atoms with Gasteiger partial charge in [0.25, 0.3) is 0 Å². The third kappa shape index (κ3) is 2.86. The first-order valence-electron chi connectivity index (χ1n) is 6.91. The maximum atomic E-state index is 11.4. The highest BCUT2D eigenvalue weighted by Crippen LogP contribution is 2.48. The Kier molecular flexibility index (Phi) is 3.97. The summed E-state index contributed by atoms with van der Waals surface area (Å²) >= 11 is 0. The lowest BCUT2D eigenvalue weighted by molar-refractivity contribution is -0.162. The van der Waals surface area contributed by atoms with E-state index < -0.39 is 11.6 Å². The minimum absolute atomic E-state index is 0.341. The van der Waals surface area contributed by atoms with Crippen LogP contribution in [0.4, 0.5) is 0 Å². The third-order valence-electron chi connectivity index (χ3n) is 4.63. The molecule has 0 saturated heterocycles. The minimum Gasteiger partial charge on any atom is -0.467 e. The maximum absolute atomic E-state index is 11.4. The average Bonchev–Trinajstić information content (AvgIpc) is 2.88. The van der Waals surface area contributed by atoms with Crippen molar-refractivity contribution >= 4 is 5.97 Å². The Hall–Kier alpha value is -0.610. The molecule has 0 radical (unpaired) electrons. The van der Waals surface area contributed by atoms with Crippen molar-refractivity contribution in [3.63, 3.8) is 0 Å². The van der Waals surface area contributed by atoms with Crippen LogP contribution in [-0.2, 0) is 9.53 Å². The highest BCUT2D eigenvalue weighted by molar-refractivity contribution is 5.78. The standard InChI is InChI=1S/C14H25NO3/c1-14(17,13(16)18-3)9-15(2)8-12-7-10-4-5-11(12)6-10/h10-12,17H,4-9H2,1-3H3. The molecule has 0 heterocycles. The van der Waals surface area contributed by atoms with E-state index in [4.69, 9.17) is 0 Å². The number of hydrogen-bond donors (Lipinski definition) is 1. The molecule has 0 amide bonds. The van der Waals surface area contributed by atoms with Gasteiger partial charge in [0.2, 0.25) is 0 Å². The summed E-state index contributed by atoms with van der Waals surface area (Å²) < 4.78 is 4.62. The lowest BCUT2D eigenvalue weighted by Gasteiger charge is -2.31. The lowest BCUT2D eigenvalue weighted by atomic mass is 9.88. The average molecular weight is 255 g/mol. The number of likely N-dealkylation sites (N-methyl/N-ethyl adjacent to an activating group) is 1. The molecule has 4 atom stereocenters. The zero-order valence-corrected chi connectivity index (χ0v) is 11.7. The van der Waals surface area contributed by atoms with Gasteiger partial charge in [0.15, 0.2) is 5.60 Å². The number of carbonyl (C=O) groups is 1. The molecule has 2 aliphatic rings. The first-order chi connectivity index (χ1) is 8.42. The van der Waals surface area contributed by atoms with E-state index in [0.717, 1.165) is 24.3 Å². The van der Waals surface area contributed by atoms with Crippen molar-refractivity contribution in [2.45, 2.75) is 38.2 Å². The van der Waals surface area contributed by atoms with Crippen LogP contribution in [-0.4, -0.2) is 48.8 Å². The van der Waals surface area contributed by atoms with Crippen LogP contribution in [0.2, 0.25) is 0 Å². The molecule has 4 unspecified atom stereocenters. The molecule has 0 aromatic rings. The van der Waals surface area contributed by atoms with Crippen molar-refractivity contribution in [1.29, 1.82) is 0 Å². The van der Waals surface area contributed by atoms with E-state index in [1.54, 1.807) is 0 Å². The summed E-state index contributed by atoms with van der Waals surface area (Å²) in [6, 6.07) is 0. The van der Waals surface area contributed by atoms with Gasteiger partial charge in [0.1, 0.15) is 0 Å². The van der Waals surface area contributed by atoms with Crippen LogP contribution in [0.5, 0.6) is 0 Å². The van der Waals surface area contributed by atoms with Crippen molar-refractivity contribution in [2.75, 3.05) is 27.2 Å². The molecule has 2 saturated carbocycles. The largest absolute Gasteiger partial charge is 0.467 e. The van der Waals surface area contributed by atoms with Gasteiger partial charge in [-0.3, -0.25) is 0 Å². The van der Waals surface area contributed by atoms with Gasteiger partial charge in [-0.2, -0.15) is 0 Å². The third-order valence-corrected chi connectivity index (χ3v) is 4.63. The zero-order valence-electron chi connectivity index (χ0n) is 11.7. The fraction of sp³-hybridized carbons (Fsp3) is 0.929. The second kappa shape index (κ2) is 5.17. The molecule has 0 aliphatic heterocycles. The minimum atomic E-state index is -1.40. The number of carbonyl (C=O) groups excluding carboxylic acids is 1. The van der Waals surface area contributed by atoms with Crippen molar-refractivity contribution in [1.82, 2.24) is 4.90 Å². The summed E-state index contributed by atoms with van der Waals surface area (Å²) in [5.74, 6) is 2.01. The summed E-state index contributed by atoms with van der Waals surface area (Å²) in [7, 11) is 3.29. The molecule has 0 aromatic carbocycles. The van der Waals surface area contributed by atoms with Gasteiger partial charge in [-0.1, -0.05) is 6.42 Å². The zero-order chi connectivity index (χ0) is 13.3. The van der Waals surface area contributed by atoms with Crippen LogP contribution in [0.15, 0.2) is 0 Å². The molecule has 104 valence electrons. The van der Waals surface area contributed by atoms with Gasteiger partial charge in [0.05, 0.1) is 7.11 Å². The molecular formula is C14H25NO3. The number of hydrogen-bond acceptors (Lipinski definition) is 4. The van der Waals surface area contributed by atoms with Gasteiger partial charge in [-0.05, 0) is 51.0 Å². The highest BCUT2D eigenvalue weighted by atomic mass is 16.5. The SMILES string of the molecule is COC(=O)C(C)(O)CN(C)CC1CC2CCC1C2. The quantitative estimate of drug-likeness (QED) is 0.752. The topological polar surface area (TPSA) is 49.8 Å². The van der Waals surface area contributed by atoms with Crippen LogP contribution in [0.1, 0.15) is 32.6 Å². The Bertz CT molecular complexity index is 316. The number of methoxy groups -OCH3 is 1. The van der Waals surface area contributed by atoms with Crippen LogP contribution in [0.25, 0.3) is 0 Å². The second-order valence-electron chi connectivity index (χ2n) is 6.40. The first kappa shape index (κ1) is 13.8. The van der Waals surface area contributed by atoms with Gasteiger partial charge in [-0.15, -0.1) is 0 Å². The van der Waals surface area contributed by atoms with Crippen molar-refractivity contribution < 1.29 is 14.6 Å². The maximum Gasteiger partial charge on any atom is 0.338 e. The molecular weight excluding hydrogens is 230 g/mol. The number of fused-ring (bicyclic) bond motifs is 2. The number of rotatable bonds is 5. The van der Waals surface area contributed by atoms with Gasteiger partial charge >= 0.3 is 5.97 Å². The Labute approximate surface area is 109 Å². The van der Waals surface area contributed by atoms with Crippen molar-refractivity contribution in [2.24, 2.45) is 17.8 Å². The van der Waals surface area contributed by atoms with Gasteiger partial charge in [0, 0.05) is 13.1 Å². The monoisotopic (exact) mass is 255 g/mol. The molecule has 0 spiro atoms. The molecule has 2 aliphatic carbocycles. The molecule has 4 nitrogen and oxygen atoms in total. The van der Waals surface area contributed by atoms with Gasteiger partial charge in [-0.25, -0.2) is 4.79 Å². The second-order valence-corrected chi connectivity index (χ2v) is 6.40. The summed E-state index contributed by atoms with van der Waals surface area (Å²) in [6.45, 7) is 2.85. The molecule has 0 aromatic heterocycles. The normalized spacial score (nSPS) is 33.7. The van der Waals surface area contributed by atoms with Crippen LogP contribution >= 0.6 is 0 Å². The van der Waals surface area contributed by atoms with E-state index in [9.17, 15) is 9.90 Å². The number of aliphatic hydroxyl groups is 1. The fourth-order valence-corrected chi connectivity index (χ4v) is 3.87. The molecule has 4 heteroatoms. The Balaban J connectivity index is 1.82. The molecule has 1 N–H and O–H groups in total. The number of esters is 1. The van der Waals surface area contributed by atoms with E-state index >= 15 is 0 Å². The lowest BCUT2D eigenvalue weighted by Crippen LogP contribution is -2.47. The van der Waals surface area contributed by atoms with E-state index in [1.165, 1.54) is 39.7 Å². The number of ether oxygens (including phenoxy) is 1. The predicted octanol–water partition coefficient (Wildman–Crippen LogP) is 1.28. The van der Waals surface area contributed by atoms with Gasteiger partial charge < -0.3 is 14.7 Å². The summed E-state index contributed by atoms with van der Waals surface area (Å²) in [5.41, 5.74) is -1.40. The smallest absolute Gasteiger partial charge is 0.338 e. The highest BCUT2D eigenvalue weighted by Gasteiger charge is 2.40. The predicted molar refractivity (Wildman–Crippen MR) is 69.1 cm³/mol. The summed E-state index contributed by atoms with van der Waals surface area (Å²) in [4.78, 5) is 13.5. The fourth-order valence-electron chi connectivity index (χ4n) is 3.87. The van der Waals surface area contributed by atoms with E-state index in [0.29, 0.717) is 6.54 Å². The summed E-state index contributed by atoms with van der Waals surface area (Å²) in [6.07, 6.45) is 5.50. The van der Waals surface area contributed by atoms with E-state index in [1.807, 2.05) is 7.05 Å². The molecule has 2 rings (SSSR count). The van der Waals surface area contributed by atoms with Crippen molar-refractivity contribution in [3.8, 4) is 0 Å². The molecule has 2 fully saturated rings. The Morgan fingerprint density at radius 3 is 2.67 bits per heavy atom. The van der Waals surface area contributed by atoms with Crippen molar-refractivity contribution in [3.05, 3.63) is 0 Å². The Morgan fingerprint density at radius 2 is 2.17 bits per heavy atom. The Morgan fingerprint density at radius 1 is 1.44 bits per heavy atom. The first-order valence-corrected chi connectivity index (χ1v) is 6.91. The van der Waals surface area contributed by atoms with E-state index in [2.05, 4.69) is 9.64 Å². The molecule has 18 heavy (non-hydrogen) atoms. The van der Waals surface area contributed by atoms with Crippen LogP contribution in [0.3, 0.4) is 0 Å². The summed E-state index contributed by atoms with van der Waals surface area (Å²) in [5, 5.41) is 10.0. The number of nitrogens with zero attached hydrogens (tertiary/aromatic N) is 1. The van der Waals surface area contributed by atoms with Crippen LogP contribution < -0.4 is 0 Å². The van der Waals surface area contributed by atoms with Crippen LogP contribution in [0, 0.1) is 17.8 Å². The molecule has 2 bridgehead atoms.